The molecule has 0 aromatic heterocycles. The molecule has 2 heterocycles. The predicted molar refractivity (Wildman–Crippen MR) is 82.7 cm³/mol. The topological polar surface area (TPSA) is 64.1 Å². The van der Waals surface area contributed by atoms with E-state index < -0.39 is 0 Å². The third-order valence-corrected chi connectivity index (χ3v) is 3.89. The molecule has 2 rings (SSSR count). The molecule has 2 aliphatic heterocycles. The van der Waals surface area contributed by atoms with Crippen LogP contribution in [0.3, 0.4) is 0 Å². The molecule has 2 N–H and O–H groups in total. The summed E-state index contributed by atoms with van der Waals surface area (Å²) in [6.45, 7) is 8.00. The Morgan fingerprint density at radius 1 is 1.38 bits per heavy atom. The minimum atomic E-state index is 0.252. The molecule has 21 heavy (non-hydrogen) atoms. The molecule has 0 amide bonds. The van der Waals surface area contributed by atoms with Gasteiger partial charge in [-0.1, -0.05) is 6.92 Å². The highest BCUT2D eigenvalue weighted by atomic mass is 16.5. The van der Waals surface area contributed by atoms with Crippen LogP contribution in [0.4, 0.5) is 0 Å². The molecule has 0 radical (unpaired) electrons. The first-order valence-electron chi connectivity index (χ1n) is 7.93. The van der Waals surface area contributed by atoms with Crippen LogP contribution in [0, 0.1) is 5.41 Å². The van der Waals surface area contributed by atoms with Crippen molar-refractivity contribution in [2.75, 3.05) is 53.2 Å². The second-order valence-corrected chi connectivity index (χ2v) is 6.22. The summed E-state index contributed by atoms with van der Waals surface area (Å²) in [4.78, 5) is 4.22. The molecule has 1 atom stereocenters. The highest BCUT2D eigenvalue weighted by Crippen LogP contribution is 2.24. The minimum absolute atomic E-state index is 0.252. The summed E-state index contributed by atoms with van der Waals surface area (Å²) >= 11 is 0. The average molecular weight is 299 g/mol. The molecular weight excluding hydrogens is 270 g/mol. The molecule has 6 heteroatoms. The van der Waals surface area contributed by atoms with Crippen molar-refractivity contribution < 1.29 is 14.2 Å². The van der Waals surface area contributed by atoms with E-state index in [2.05, 4.69) is 22.5 Å². The van der Waals surface area contributed by atoms with Gasteiger partial charge in [-0.15, -0.1) is 0 Å². The maximum atomic E-state index is 5.63. The smallest absolute Gasteiger partial charge is 0.191 e. The average Bonchev–Trinajstić information content (AvgIpc) is 2.97. The number of ether oxygens (including phenoxy) is 3. The molecule has 0 spiro atoms. The maximum absolute atomic E-state index is 5.63. The Morgan fingerprint density at radius 3 is 2.86 bits per heavy atom. The molecule has 122 valence electrons. The summed E-state index contributed by atoms with van der Waals surface area (Å²) in [5.74, 6) is 0.849. The fraction of sp³-hybridized carbons (Fsp3) is 0.933. The van der Waals surface area contributed by atoms with Crippen molar-refractivity contribution in [3.05, 3.63) is 0 Å². The monoisotopic (exact) mass is 299 g/mol. The van der Waals surface area contributed by atoms with Crippen molar-refractivity contribution in [1.82, 2.24) is 10.6 Å². The van der Waals surface area contributed by atoms with E-state index in [1.54, 1.807) is 7.05 Å². The molecule has 2 saturated heterocycles. The lowest BCUT2D eigenvalue weighted by atomic mass is 9.89. The lowest BCUT2D eigenvalue weighted by Crippen LogP contribution is -2.51. The van der Waals surface area contributed by atoms with Crippen LogP contribution in [0.25, 0.3) is 0 Å². The highest BCUT2D eigenvalue weighted by Gasteiger charge is 2.33. The molecular formula is C15H29N3O3. The summed E-state index contributed by atoms with van der Waals surface area (Å²) in [5.41, 5.74) is 0.252. The van der Waals surface area contributed by atoms with Gasteiger partial charge >= 0.3 is 0 Å². The normalized spacial score (nSPS) is 24.7. The zero-order chi connectivity index (χ0) is 15.0. The van der Waals surface area contributed by atoms with Gasteiger partial charge in [0.15, 0.2) is 5.96 Å². The molecule has 0 aliphatic carbocycles. The van der Waals surface area contributed by atoms with E-state index in [1.165, 1.54) is 6.42 Å². The Balaban J connectivity index is 1.46. The third-order valence-electron chi connectivity index (χ3n) is 3.89. The Bertz CT molecular complexity index is 326. The molecule has 2 aliphatic rings. The van der Waals surface area contributed by atoms with Crippen LogP contribution < -0.4 is 10.6 Å². The number of nitrogens with zero attached hydrogens (tertiary/aromatic N) is 1. The van der Waals surface area contributed by atoms with E-state index in [1.807, 2.05) is 0 Å². The summed E-state index contributed by atoms with van der Waals surface area (Å²) < 4.78 is 16.4. The van der Waals surface area contributed by atoms with E-state index in [9.17, 15) is 0 Å². The number of guanidine groups is 1. The van der Waals surface area contributed by atoms with Crippen molar-refractivity contribution in [3.8, 4) is 0 Å². The summed E-state index contributed by atoms with van der Waals surface area (Å²) in [5, 5.41) is 6.65. The second-order valence-electron chi connectivity index (χ2n) is 6.22. The largest absolute Gasteiger partial charge is 0.380 e. The van der Waals surface area contributed by atoms with Gasteiger partial charge in [0.2, 0.25) is 0 Å². The lowest BCUT2D eigenvalue weighted by Gasteiger charge is -2.38. The molecule has 0 bridgehead atoms. The summed E-state index contributed by atoms with van der Waals surface area (Å²) in [6, 6.07) is 0. The fourth-order valence-corrected chi connectivity index (χ4v) is 2.44. The van der Waals surface area contributed by atoms with Crippen LogP contribution in [0.5, 0.6) is 0 Å². The number of rotatable bonds is 8. The highest BCUT2D eigenvalue weighted by molar-refractivity contribution is 5.79. The number of hydrogen-bond acceptors (Lipinski definition) is 4. The molecule has 2 fully saturated rings. The van der Waals surface area contributed by atoms with Gasteiger partial charge < -0.3 is 24.8 Å². The van der Waals surface area contributed by atoms with Gasteiger partial charge in [0.1, 0.15) is 0 Å². The Labute approximate surface area is 127 Å². The first-order chi connectivity index (χ1) is 10.2. The Kier molecular flexibility index (Phi) is 6.73. The van der Waals surface area contributed by atoms with Crippen LogP contribution >= 0.6 is 0 Å². The van der Waals surface area contributed by atoms with Crippen molar-refractivity contribution in [2.45, 2.75) is 32.3 Å². The van der Waals surface area contributed by atoms with Crippen LogP contribution in [0.2, 0.25) is 0 Å². The van der Waals surface area contributed by atoms with Crippen molar-refractivity contribution in [3.63, 3.8) is 0 Å². The summed E-state index contributed by atoms with van der Waals surface area (Å²) in [6.07, 6.45) is 3.59. The Hall–Kier alpha value is -0.850. The molecule has 0 aromatic carbocycles. The predicted octanol–water partition coefficient (Wildman–Crippen LogP) is 0.774. The van der Waals surface area contributed by atoms with Crippen LogP contribution in [0.15, 0.2) is 4.99 Å². The van der Waals surface area contributed by atoms with Gasteiger partial charge in [-0.25, -0.2) is 0 Å². The number of hydrogen-bond donors (Lipinski definition) is 2. The molecule has 0 saturated carbocycles. The van der Waals surface area contributed by atoms with E-state index >= 15 is 0 Å². The van der Waals surface area contributed by atoms with Crippen molar-refractivity contribution in [2.24, 2.45) is 10.4 Å². The first-order valence-corrected chi connectivity index (χ1v) is 7.93. The first kappa shape index (κ1) is 16.5. The van der Waals surface area contributed by atoms with Gasteiger partial charge in [-0.2, -0.15) is 0 Å². The molecule has 6 nitrogen and oxygen atoms in total. The number of nitrogens with one attached hydrogen (secondary N) is 2. The lowest BCUT2D eigenvalue weighted by molar-refractivity contribution is -0.0971. The van der Waals surface area contributed by atoms with Gasteiger partial charge in [0.05, 0.1) is 25.9 Å². The zero-order valence-electron chi connectivity index (χ0n) is 13.3. The fourth-order valence-electron chi connectivity index (χ4n) is 2.44. The van der Waals surface area contributed by atoms with Crippen LogP contribution in [-0.4, -0.2) is 65.2 Å². The molecule has 0 aromatic rings. The standard InChI is InChI=1S/C15H29N3O3/c1-15(11-20-12-15)10-18-14(16-2)17-6-4-7-19-9-13-5-3-8-21-13/h13H,3-12H2,1-2H3,(H2,16,17,18). The van der Waals surface area contributed by atoms with Gasteiger partial charge in [-0.3, -0.25) is 4.99 Å². The quantitative estimate of drug-likeness (QED) is 0.394. The third kappa shape index (κ3) is 5.80. The van der Waals surface area contributed by atoms with E-state index in [-0.39, 0.29) is 5.41 Å². The van der Waals surface area contributed by atoms with E-state index in [0.29, 0.717) is 6.10 Å². The van der Waals surface area contributed by atoms with Gasteiger partial charge in [-0.05, 0) is 19.3 Å². The minimum Gasteiger partial charge on any atom is -0.380 e. The number of aliphatic imine (C=N–C) groups is 1. The second kappa shape index (κ2) is 8.56. The van der Waals surface area contributed by atoms with Crippen LogP contribution in [0.1, 0.15) is 26.2 Å². The van der Waals surface area contributed by atoms with Crippen LogP contribution in [-0.2, 0) is 14.2 Å². The maximum Gasteiger partial charge on any atom is 0.191 e. The van der Waals surface area contributed by atoms with E-state index in [0.717, 1.165) is 64.9 Å². The van der Waals surface area contributed by atoms with Crippen molar-refractivity contribution in [1.29, 1.82) is 0 Å². The SMILES string of the molecule is CN=C(NCCCOCC1CCCO1)NCC1(C)COC1. The molecule has 1 unspecified atom stereocenters. The Morgan fingerprint density at radius 2 is 2.24 bits per heavy atom. The summed E-state index contributed by atoms with van der Waals surface area (Å²) in [7, 11) is 1.79. The zero-order valence-corrected chi connectivity index (χ0v) is 13.3. The van der Waals surface area contributed by atoms with Gasteiger partial charge in [0.25, 0.3) is 0 Å². The van der Waals surface area contributed by atoms with Crippen molar-refractivity contribution >= 4 is 5.96 Å². The van der Waals surface area contributed by atoms with Gasteiger partial charge in [0, 0.05) is 38.8 Å². The van der Waals surface area contributed by atoms with E-state index in [4.69, 9.17) is 14.2 Å².